The summed E-state index contributed by atoms with van der Waals surface area (Å²) in [6.45, 7) is 6.64. The lowest BCUT2D eigenvalue weighted by Crippen LogP contribution is -1.86. The maximum Gasteiger partial charge on any atom is -0.0348 e. The standard InChI is InChI=1S/C13H24/c1-4-5-6-7-8-9-10-11-12-13(2)3/h4-7,13H,8-12H2,1-3H3/b5-4+,7-6+. The first-order valence-electron chi connectivity index (χ1n) is 5.55. The van der Waals surface area contributed by atoms with Gasteiger partial charge in [-0.25, -0.2) is 0 Å². The van der Waals surface area contributed by atoms with Gasteiger partial charge in [0.25, 0.3) is 0 Å². The molecule has 0 atom stereocenters. The molecule has 0 aromatic heterocycles. The van der Waals surface area contributed by atoms with E-state index in [1.165, 1.54) is 32.1 Å². The van der Waals surface area contributed by atoms with Crippen molar-refractivity contribution in [1.29, 1.82) is 0 Å². The van der Waals surface area contributed by atoms with E-state index in [-0.39, 0.29) is 0 Å². The highest BCUT2D eigenvalue weighted by molar-refractivity contribution is 5.00. The molecule has 0 saturated carbocycles. The molecular formula is C13H24. The van der Waals surface area contributed by atoms with Crippen LogP contribution in [0, 0.1) is 5.92 Å². The Morgan fingerprint density at radius 1 is 1.00 bits per heavy atom. The molecule has 0 bridgehead atoms. The van der Waals surface area contributed by atoms with Gasteiger partial charge in [0.15, 0.2) is 0 Å². The second-order valence-electron chi connectivity index (χ2n) is 3.99. The zero-order chi connectivity index (χ0) is 9.94. The van der Waals surface area contributed by atoms with E-state index in [0.29, 0.717) is 0 Å². The van der Waals surface area contributed by atoms with Crippen molar-refractivity contribution in [2.75, 3.05) is 0 Å². The van der Waals surface area contributed by atoms with Gasteiger partial charge in [-0.3, -0.25) is 0 Å². The van der Waals surface area contributed by atoms with Crippen molar-refractivity contribution in [2.45, 2.75) is 52.9 Å². The molecule has 0 aliphatic carbocycles. The Morgan fingerprint density at radius 2 is 1.77 bits per heavy atom. The molecule has 0 aromatic carbocycles. The van der Waals surface area contributed by atoms with E-state index in [9.17, 15) is 0 Å². The lowest BCUT2D eigenvalue weighted by atomic mass is 10.0. The van der Waals surface area contributed by atoms with Crippen LogP contribution in [0.3, 0.4) is 0 Å². The molecule has 13 heavy (non-hydrogen) atoms. The van der Waals surface area contributed by atoms with Gasteiger partial charge < -0.3 is 0 Å². The van der Waals surface area contributed by atoms with Crippen LogP contribution in [0.5, 0.6) is 0 Å². The Kier molecular flexibility index (Phi) is 9.18. The third-order valence-corrected chi connectivity index (χ3v) is 2.09. The predicted octanol–water partition coefficient (Wildman–Crippen LogP) is 4.73. The summed E-state index contributed by atoms with van der Waals surface area (Å²) in [4.78, 5) is 0. The van der Waals surface area contributed by atoms with E-state index in [2.05, 4.69) is 38.2 Å². The summed E-state index contributed by atoms with van der Waals surface area (Å²) in [6.07, 6.45) is 15.3. The van der Waals surface area contributed by atoms with Crippen LogP contribution in [-0.4, -0.2) is 0 Å². The Morgan fingerprint density at radius 3 is 2.38 bits per heavy atom. The molecule has 0 aliphatic rings. The maximum absolute atomic E-state index is 2.30. The first-order chi connectivity index (χ1) is 6.27. The van der Waals surface area contributed by atoms with Crippen molar-refractivity contribution >= 4 is 0 Å². The van der Waals surface area contributed by atoms with Crippen LogP contribution in [0.25, 0.3) is 0 Å². The van der Waals surface area contributed by atoms with Gasteiger partial charge in [-0.05, 0) is 25.7 Å². The Bertz CT molecular complexity index is 140. The van der Waals surface area contributed by atoms with Gasteiger partial charge in [0, 0.05) is 0 Å². The van der Waals surface area contributed by atoms with Crippen LogP contribution in [0.4, 0.5) is 0 Å². The van der Waals surface area contributed by atoms with E-state index < -0.39 is 0 Å². The lowest BCUT2D eigenvalue weighted by molar-refractivity contribution is 0.528. The van der Waals surface area contributed by atoms with Crippen LogP contribution in [0.2, 0.25) is 0 Å². The smallest absolute Gasteiger partial charge is 0.0348 e. The zero-order valence-electron chi connectivity index (χ0n) is 9.42. The van der Waals surface area contributed by atoms with Gasteiger partial charge in [-0.2, -0.15) is 0 Å². The third kappa shape index (κ3) is 11.5. The average Bonchev–Trinajstić information content (AvgIpc) is 2.09. The second-order valence-corrected chi connectivity index (χ2v) is 3.99. The van der Waals surface area contributed by atoms with E-state index in [4.69, 9.17) is 0 Å². The molecule has 0 aliphatic heterocycles. The first-order valence-corrected chi connectivity index (χ1v) is 5.55. The van der Waals surface area contributed by atoms with Crippen molar-refractivity contribution in [3.8, 4) is 0 Å². The van der Waals surface area contributed by atoms with E-state index in [0.717, 1.165) is 5.92 Å². The first kappa shape index (κ1) is 12.5. The SMILES string of the molecule is C/C=C/C=C/CCCCCC(C)C. The van der Waals surface area contributed by atoms with Crippen LogP contribution in [0.1, 0.15) is 52.9 Å². The highest BCUT2D eigenvalue weighted by Crippen LogP contribution is 2.09. The van der Waals surface area contributed by atoms with Crippen LogP contribution in [0.15, 0.2) is 24.3 Å². The molecule has 0 heteroatoms. The van der Waals surface area contributed by atoms with Gasteiger partial charge in [-0.15, -0.1) is 0 Å². The summed E-state index contributed by atoms with van der Waals surface area (Å²) < 4.78 is 0. The molecule has 0 spiro atoms. The van der Waals surface area contributed by atoms with Gasteiger partial charge >= 0.3 is 0 Å². The van der Waals surface area contributed by atoms with Crippen molar-refractivity contribution in [1.82, 2.24) is 0 Å². The summed E-state index contributed by atoms with van der Waals surface area (Å²) in [5.74, 6) is 0.874. The second kappa shape index (κ2) is 9.57. The molecule has 0 radical (unpaired) electrons. The minimum atomic E-state index is 0.874. The monoisotopic (exact) mass is 180 g/mol. The molecule has 0 unspecified atom stereocenters. The molecule has 0 N–H and O–H groups in total. The Hall–Kier alpha value is -0.520. The minimum absolute atomic E-state index is 0.874. The molecule has 0 saturated heterocycles. The van der Waals surface area contributed by atoms with Crippen LogP contribution >= 0.6 is 0 Å². The molecule has 0 heterocycles. The van der Waals surface area contributed by atoms with Gasteiger partial charge in [0.2, 0.25) is 0 Å². The summed E-state index contributed by atoms with van der Waals surface area (Å²) >= 11 is 0. The fourth-order valence-corrected chi connectivity index (χ4v) is 1.28. The van der Waals surface area contributed by atoms with E-state index in [1.54, 1.807) is 0 Å². The minimum Gasteiger partial charge on any atom is -0.0877 e. The zero-order valence-corrected chi connectivity index (χ0v) is 9.42. The fraction of sp³-hybridized carbons (Fsp3) is 0.692. The van der Waals surface area contributed by atoms with Crippen LogP contribution < -0.4 is 0 Å². The average molecular weight is 180 g/mol. The molecular weight excluding hydrogens is 156 g/mol. The van der Waals surface area contributed by atoms with Crippen molar-refractivity contribution in [3.63, 3.8) is 0 Å². The summed E-state index contributed by atoms with van der Waals surface area (Å²) in [6, 6.07) is 0. The van der Waals surface area contributed by atoms with Crippen molar-refractivity contribution in [2.24, 2.45) is 5.92 Å². The normalized spacial score (nSPS) is 12.3. The number of rotatable bonds is 7. The molecule has 0 nitrogen and oxygen atoms in total. The summed E-state index contributed by atoms with van der Waals surface area (Å²) in [5, 5.41) is 0. The topological polar surface area (TPSA) is 0 Å². The maximum atomic E-state index is 2.30. The number of hydrogen-bond donors (Lipinski definition) is 0. The number of unbranched alkanes of at least 4 members (excludes halogenated alkanes) is 3. The number of hydrogen-bond acceptors (Lipinski definition) is 0. The summed E-state index contributed by atoms with van der Waals surface area (Å²) in [5.41, 5.74) is 0. The Balaban J connectivity index is 3.08. The fourth-order valence-electron chi connectivity index (χ4n) is 1.28. The predicted molar refractivity (Wildman–Crippen MR) is 61.9 cm³/mol. The number of allylic oxidation sites excluding steroid dienone is 4. The largest absolute Gasteiger partial charge is 0.0877 e. The van der Waals surface area contributed by atoms with E-state index in [1.807, 2.05) is 6.92 Å². The van der Waals surface area contributed by atoms with Gasteiger partial charge in [-0.1, -0.05) is 57.4 Å². The van der Waals surface area contributed by atoms with E-state index >= 15 is 0 Å². The summed E-state index contributed by atoms with van der Waals surface area (Å²) in [7, 11) is 0. The molecule has 0 aromatic rings. The molecule has 76 valence electrons. The molecule has 0 amide bonds. The highest BCUT2D eigenvalue weighted by atomic mass is 14.0. The van der Waals surface area contributed by atoms with Gasteiger partial charge in [0.1, 0.15) is 0 Å². The van der Waals surface area contributed by atoms with Gasteiger partial charge in [0.05, 0.1) is 0 Å². The van der Waals surface area contributed by atoms with Crippen LogP contribution in [-0.2, 0) is 0 Å². The van der Waals surface area contributed by atoms with Crippen molar-refractivity contribution in [3.05, 3.63) is 24.3 Å². The highest BCUT2D eigenvalue weighted by Gasteiger charge is 1.92. The van der Waals surface area contributed by atoms with Crippen molar-refractivity contribution < 1.29 is 0 Å². The third-order valence-electron chi connectivity index (χ3n) is 2.09. The molecule has 0 rings (SSSR count). The quantitative estimate of drug-likeness (QED) is 0.392. The lowest BCUT2D eigenvalue weighted by Gasteiger charge is -2.02. The molecule has 0 fully saturated rings. The Labute approximate surface area is 83.7 Å².